The number of carboxylic acid groups (broad SMARTS) is 1. The number of hydrogen-bond donors (Lipinski definition) is 2. The highest BCUT2D eigenvalue weighted by atomic mass is 16.4. The number of carboxylic acids is 1. The van der Waals surface area contributed by atoms with Crippen molar-refractivity contribution in [1.82, 2.24) is 10.2 Å². The minimum atomic E-state index is -0.922. The van der Waals surface area contributed by atoms with Gasteiger partial charge in [-0.15, -0.1) is 12.3 Å². The van der Waals surface area contributed by atoms with Crippen LogP contribution in [0, 0.1) is 12.3 Å². The molecule has 20 heavy (non-hydrogen) atoms. The van der Waals surface area contributed by atoms with Crippen molar-refractivity contribution in [2.45, 2.75) is 19.4 Å². The molecule has 1 aromatic rings. The summed E-state index contributed by atoms with van der Waals surface area (Å²) in [6.45, 7) is 1.39. The topological polar surface area (TPSA) is 69.6 Å². The van der Waals surface area contributed by atoms with Gasteiger partial charge >= 0.3 is 12.0 Å². The lowest BCUT2D eigenvalue weighted by Crippen LogP contribution is -2.43. The van der Waals surface area contributed by atoms with Crippen molar-refractivity contribution < 1.29 is 14.7 Å². The summed E-state index contributed by atoms with van der Waals surface area (Å²) in [4.78, 5) is 24.8. The number of urea groups is 1. The van der Waals surface area contributed by atoms with Crippen LogP contribution in [0.1, 0.15) is 27.9 Å². The van der Waals surface area contributed by atoms with Crippen molar-refractivity contribution in [3.63, 3.8) is 0 Å². The molecule has 1 aliphatic rings. The molecule has 0 aliphatic carbocycles. The molecule has 5 heteroatoms. The van der Waals surface area contributed by atoms with Crippen LogP contribution in [0.4, 0.5) is 4.79 Å². The molecule has 0 fully saturated rings. The fraction of sp³-hybridized carbons (Fsp3) is 0.333. The van der Waals surface area contributed by atoms with Gasteiger partial charge in [-0.1, -0.05) is 12.1 Å². The standard InChI is InChI=1S/C15H16N2O3/c1-2-3-8-16-15(20)17-9-7-12-11(10-17)5-4-6-13(12)14(18)19/h1,4-6H,3,7-10H2,(H,16,20)(H,18,19). The van der Waals surface area contributed by atoms with E-state index in [1.54, 1.807) is 17.0 Å². The van der Waals surface area contributed by atoms with E-state index in [0.717, 1.165) is 11.1 Å². The molecule has 0 saturated carbocycles. The van der Waals surface area contributed by atoms with E-state index in [-0.39, 0.29) is 6.03 Å². The SMILES string of the molecule is C#CCCNC(=O)N1CCc2c(cccc2C(=O)O)C1. The smallest absolute Gasteiger partial charge is 0.335 e. The van der Waals surface area contributed by atoms with Crippen LogP contribution < -0.4 is 5.32 Å². The van der Waals surface area contributed by atoms with Crippen molar-refractivity contribution in [3.8, 4) is 12.3 Å². The van der Waals surface area contributed by atoms with Crippen molar-refractivity contribution in [3.05, 3.63) is 34.9 Å². The Morgan fingerprint density at radius 3 is 2.95 bits per heavy atom. The molecule has 1 aromatic carbocycles. The molecular formula is C15H16N2O3. The van der Waals surface area contributed by atoms with E-state index in [0.29, 0.717) is 38.0 Å². The van der Waals surface area contributed by atoms with Crippen molar-refractivity contribution in [1.29, 1.82) is 0 Å². The Bertz CT molecular complexity index is 575. The first-order valence-corrected chi connectivity index (χ1v) is 6.43. The lowest BCUT2D eigenvalue weighted by atomic mass is 9.95. The second-order valence-electron chi connectivity index (χ2n) is 4.61. The van der Waals surface area contributed by atoms with Gasteiger partial charge in [0.05, 0.1) is 5.56 Å². The lowest BCUT2D eigenvalue weighted by molar-refractivity contribution is 0.0695. The van der Waals surface area contributed by atoms with Crippen molar-refractivity contribution >= 4 is 12.0 Å². The van der Waals surface area contributed by atoms with E-state index in [4.69, 9.17) is 11.5 Å². The number of amides is 2. The van der Waals surface area contributed by atoms with Crippen LogP contribution in [0.5, 0.6) is 0 Å². The second kappa shape index (κ2) is 6.11. The number of benzene rings is 1. The van der Waals surface area contributed by atoms with Crippen molar-refractivity contribution in [2.24, 2.45) is 0 Å². The van der Waals surface area contributed by atoms with Gasteiger partial charge in [-0.3, -0.25) is 0 Å². The molecule has 5 nitrogen and oxygen atoms in total. The zero-order chi connectivity index (χ0) is 14.5. The number of hydrogen-bond acceptors (Lipinski definition) is 2. The number of nitrogens with one attached hydrogen (secondary N) is 1. The van der Waals surface area contributed by atoms with Gasteiger partial charge in [0.2, 0.25) is 0 Å². The number of fused-ring (bicyclic) bond motifs is 1. The number of nitrogens with zero attached hydrogens (tertiary/aromatic N) is 1. The molecule has 0 saturated heterocycles. The van der Waals surface area contributed by atoms with Gasteiger partial charge in [0, 0.05) is 26.1 Å². The number of rotatable bonds is 3. The van der Waals surface area contributed by atoms with E-state index in [1.165, 1.54) is 0 Å². The van der Waals surface area contributed by atoms with Gasteiger partial charge in [-0.2, -0.15) is 0 Å². The van der Waals surface area contributed by atoms with Crippen LogP contribution in [0.25, 0.3) is 0 Å². The molecule has 0 radical (unpaired) electrons. The van der Waals surface area contributed by atoms with E-state index in [9.17, 15) is 9.59 Å². The molecule has 2 N–H and O–H groups in total. The molecule has 0 bridgehead atoms. The van der Waals surface area contributed by atoms with Crippen LogP contribution in [0.3, 0.4) is 0 Å². The summed E-state index contributed by atoms with van der Waals surface area (Å²) < 4.78 is 0. The Morgan fingerprint density at radius 1 is 1.45 bits per heavy atom. The summed E-state index contributed by atoms with van der Waals surface area (Å²) in [6, 6.07) is 5.01. The van der Waals surface area contributed by atoms with E-state index >= 15 is 0 Å². The fourth-order valence-electron chi connectivity index (χ4n) is 2.34. The second-order valence-corrected chi connectivity index (χ2v) is 4.61. The summed E-state index contributed by atoms with van der Waals surface area (Å²) in [6.07, 6.45) is 6.19. The van der Waals surface area contributed by atoms with Crippen LogP contribution in [0.2, 0.25) is 0 Å². The first kappa shape index (κ1) is 13.9. The third-order valence-corrected chi connectivity index (χ3v) is 3.33. The summed E-state index contributed by atoms with van der Waals surface area (Å²) in [5, 5.41) is 11.9. The molecule has 0 spiro atoms. The maximum Gasteiger partial charge on any atom is 0.335 e. The number of aromatic carboxylic acids is 1. The third kappa shape index (κ3) is 2.91. The van der Waals surface area contributed by atoms with Gasteiger partial charge < -0.3 is 15.3 Å². The third-order valence-electron chi connectivity index (χ3n) is 3.33. The molecule has 1 aliphatic heterocycles. The maximum absolute atomic E-state index is 11.9. The molecule has 104 valence electrons. The van der Waals surface area contributed by atoms with Gasteiger partial charge in [-0.25, -0.2) is 9.59 Å². The average molecular weight is 272 g/mol. The highest BCUT2D eigenvalue weighted by molar-refractivity contribution is 5.90. The summed E-state index contributed by atoms with van der Waals surface area (Å²) in [5.74, 6) is 1.54. The molecular weight excluding hydrogens is 256 g/mol. The van der Waals surface area contributed by atoms with Crippen molar-refractivity contribution in [2.75, 3.05) is 13.1 Å². The maximum atomic E-state index is 11.9. The Kier molecular flexibility index (Phi) is 4.26. The minimum Gasteiger partial charge on any atom is -0.478 e. The van der Waals surface area contributed by atoms with E-state index in [1.807, 2.05) is 6.07 Å². The normalized spacial score (nSPS) is 13.2. The average Bonchev–Trinajstić information content (AvgIpc) is 2.46. The molecule has 2 amide bonds. The fourth-order valence-corrected chi connectivity index (χ4v) is 2.34. The summed E-state index contributed by atoms with van der Waals surface area (Å²) in [5.41, 5.74) is 2.05. The van der Waals surface area contributed by atoms with Crippen LogP contribution in [0.15, 0.2) is 18.2 Å². The van der Waals surface area contributed by atoms with Gasteiger partial charge in [0.1, 0.15) is 0 Å². The van der Waals surface area contributed by atoms with Gasteiger partial charge in [0.25, 0.3) is 0 Å². The van der Waals surface area contributed by atoms with E-state index in [2.05, 4.69) is 11.2 Å². The highest BCUT2D eigenvalue weighted by Gasteiger charge is 2.23. The molecule has 2 rings (SSSR count). The molecule has 0 unspecified atom stereocenters. The number of terminal acetylenes is 1. The lowest BCUT2D eigenvalue weighted by Gasteiger charge is -2.29. The largest absolute Gasteiger partial charge is 0.478 e. The Labute approximate surface area is 117 Å². The monoisotopic (exact) mass is 272 g/mol. The van der Waals surface area contributed by atoms with Gasteiger partial charge in [0.15, 0.2) is 0 Å². The van der Waals surface area contributed by atoms with E-state index < -0.39 is 5.97 Å². The Balaban J connectivity index is 2.08. The Hall–Kier alpha value is -2.48. The summed E-state index contributed by atoms with van der Waals surface area (Å²) >= 11 is 0. The Morgan fingerprint density at radius 2 is 2.25 bits per heavy atom. The first-order valence-electron chi connectivity index (χ1n) is 6.43. The zero-order valence-corrected chi connectivity index (χ0v) is 11.1. The van der Waals surface area contributed by atoms with Crippen LogP contribution in [-0.4, -0.2) is 35.1 Å². The number of carbonyl (C=O) groups is 2. The predicted octanol–water partition coefficient (Wildman–Crippen LogP) is 1.48. The molecule has 0 aromatic heterocycles. The quantitative estimate of drug-likeness (QED) is 0.646. The van der Waals surface area contributed by atoms with Crippen LogP contribution >= 0.6 is 0 Å². The number of carbonyl (C=O) groups excluding carboxylic acids is 1. The van der Waals surface area contributed by atoms with Crippen LogP contribution in [-0.2, 0) is 13.0 Å². The molecule has 0 atom stereocenters. The minimum absolute atomic E-state index is 0.161. The predicted molar refractivity (Wildman–Crippen MR) is 74.4 cm³/mol. The molecule has 1 heterocycles. The summed E-state index contributed by atoms with van der Waals surface area (Å²) in [7, 11) is 0. The van der Waals surface area contributed by atoms with Gasteiger partial charge in [-0.05, 0) is 23.6 Å². The highest BCUT2D eigenvalue weighted by Crippen LogP contribution is 2.22. The zero-order valence-electron chi connectivity index (χ0n) is 11.1. The first-order chi connectivity index (χ1) is 9.63.